The number of nitrogens with one attached hydrogen (secondary N) is 2. The van der Waals surface area contributed by atoms with Crippen LogP contribution in [0.25, 0.3) is 0 Å². The van der Waals surface area contributed by atoms with Crippen LogP contribution < -0.4 is 10.6 Å². The summed E-state index contributed by atoms with van der Waals surface area (Å²) in [5.74, 6) is -1.24. The Morgan fingerprint density at radius 2 is 1.74 bits per heavy atom. The van der Waals surface area contributed by atoms with E-state index < -0.39 is 11.6 Å². The molecule has 0 heterocycles. The molecule has 0 saturated heterocycles. The molecule has 1 aromatic carbocycles. The number of rotatable bonds is 5. The summed E-state index contributed by atoms with van der Waals surface area (Å²) in [7, 11) is 0. The molecule has 1 aromatic rings. The van der Waals surface area contributed by atoms with E-state index in [2.05, 4.69) is 10.6 Å². The Bertz CT molecular complexity index is 421. The zero-order valence-electron chi connectivity index (χ0n) is 11.5. The van der Waals surface area contributed by atoms with E-state index in [-0.39, 0.29) is 11.4 Å². The van der Waals surface area contributed by atoms with Crippen molar-refractivity contribution in [2.45, 2.75) is 39.3 Å². The number of carbonyl (C=O) groups is 1. The summed E-state index contributed by atoms with van der Waals surface area (Å²) in [5.41, 5.74) is 0.275. The number of hydrogen-bond acceptors (Lipinski definition) is 2. The van der Waals surface area contributed by atoms with Crippen molar-refractivity contribution in [3.63, 3.8) is 0 Å². The maximum Gasteiger partial charge on any atom is 0.221 e. The van der Waals surface area contributed by atoms with Crippen molar-refractivity contribution in [1.29, 1.82) is 0 Å². The van der Waals surface area contributed by atoms with E-state index in [1.54, 1.807) is 0 Å². The van der Waals surface area contributed by atoms with Crippen molar-refractivity contribution in [3.8, 4) is 0 Å². The van der Waals surface area contributed by atoms with E-state index in [0.717, 1.165) is 6.07 Å². The molecule has 106 valence electrons. The maximum atomic E-state index is 12.9. The Morgan fingerprint density at radius 3 is 2.26 bits per heavy atom. The van der Waals surface area contributed by atoms with Crippen molar-refractivity contribution in [3.05, 3.63) is 35.4 Å². The minimum absolute atomic E-state index is 0.0505. The van der Waals surface area contributed by atoms with Crippen LogP contribution in [-0.4, -0.2) is 18.0 Å². The topological polar surface area (TPSA) is 41.1 Å². The SMILES string of the molecule is CC(C)(C)NC(=O)CCNCc1cc(F)cc(F)c1. The van der Waals surface area contributed by atoms with Gasteiger partial charge in [-0.3, -0.25) is 4.79 Å². The van der Waals surface area contributed by atoms with Gasteiger partial charge in [-0.1, -0.05) is 0 Å². The van der Waals surface area contributed by atoms with Crippen molar-refractivity contribution in [2.75, 3.05) is 6.54 Å². The number of carbonyl (C=O) groups excluding carboxylic acids is 1. The van der Waals surface area contributed by atoms with E-state index in [0.29, 0.717) is 25.1 Å². The molecule has 0 unspecified atom stereocenters. The van der Waals surface area contributed by atoms with Crippen LogP contribution in [0, 0.1) is 11.6 Å². The summed E-state index contributed by atoms with van der Waals surface area (Å²) in [6, 6.07) is 3.37. The van der Waals surface area contributed by atoms with Crippen LogP contribution in [-0.2, 0) is 11.3 Å². The van der Waals surface area contributed by atoms with Crippen LogP contribution in [0.3, 0.4) is 0 Å². The monoisotopic (exact) mass is 270 g/mol. The number of hydrogen-bond donors (Lipinski definition) is 2. The minimum Gasteiger partial charge on any atom is -0.351 e. The lowest BCUT2D eigenvalue weighted by Crippen LogP contribution is -2.41. The molecule has 19 heavy (non-hydrogen) atoms. The molecule has 0 saturated carbocycles. The van der Waals surface area contributed by atoms with Gasteiger partial charge in [0.15, 0.2) is 0 Å². The van der Waals surface area contributed by atoms with Gasteiger partial charge in [-0.25, -0.2) is 8.78 Å². The van der Waals surface area contributed by atoms with Gasteiger partial charge < -0.3 is 10.6 Å². The molecule has 0 aliphatic carbocycles. The fraction of sp³-hybridized carbons (Fsp3) is 0.500. The third-order valence-corrected chi connectivity index (χ3v) is 2.29. The number of halogens is 2. The van der Waals surface area contributed by atoms with Gasteiger partial charge in [0, 0.05) is 31.1 Å². The summed E-state index contributed by atoms with van der Waals surface area (Å²) in [4.78, 5) is 11.5. The van der Waals surface area contributed by atoms with Crippen LogP contribution in [0.4, 0.5) is 8.78 Å². The molecular weight excluding hydrogens is 250 g/mol. The second-order valence-electron chi connectivity index (χ2n) is 5.50. The first kappa shape index (κ1) is 15.6. The van der Waals surface area contributed by atoms with Gasteiger partial charge in [0.2, 0.25) is 5.91 Å². The molecule has 1 amide bonds. The highest BCUT2D eigenvalue weighted by atomic mass is 19.1. The Balaban J connectivity index is 2.29. The zero-order chi connectivity index (χ0) is 14.5. The van der Waals surface area contributed by atoms with Gasteiger partial charge in [0.05, 0.1) is 0 Å². The summed E-state index contributed by atoms with van der Waals surface area (Å²) < 4.78 is 25.8. The highest BCUT2D eigenvalue weighted by Crippen LogP contribution is 2.07. The first-order valence-electron chi connectivity index (χ1n) is 6.23. The number of benzene rings is 1. The maximum absolute atomic E-state index is 12.9. The summed E-state index contributed by atoms with van der Waals surface area (Å²) in [5, 5.41) is 5.82. The van der Waals surface area contributed by atoms with Crippen LogP contribution in [0.1, 0.15) is 32.8 Å². The van der Waals surface area contributed by atoms with Gasteiger partial charge in [-0.2, -0.15) is 0 Å². The second-order valence-corrected chi connectivity index (χ2v) is 5.50. The number of amides is 1. The van der Waals surface area contributed by atoms with E-state index in [9.17, 15) is 13.6 Å². The van der Waals surface area contributed by atoms with E-state index in [4.69, 9.17) is 0 Å². The average Bonchev–Trinajstić information content (AvgIpc) is 2.20. The van der Waals surface area contributed by atoms with Gasteiger partial charge >= 0.3 is 0 Å². The summed E-state index contributed by atoms with van der Waals surface area (Å²) in [6.45, 7) is 6.52. The second kappa shape index (κ2) is 6.61. The van der Waals surface area contributed by atoms with Crippen molar-refractivity contribution in [1.82, 2.24) is 10.6 Å². The van der Waals surface area contributed by atoms with Gasteiger partial charge in [0.25, 0.3) is 0 Å². The fourth-order valence-electron chi connectivity index (χ4n) is 1.63. The predicted octanol–water partition coefficient (Wildman–Crippen LogP) is 2.36. The van der Waals surface area contributed by atoms with Crippen LogP contribution in [0.5, 0.6) is 0 Å². The van der Waals surface area contributed by atoms with Crippen molar-refractivity contribution in [2.24, 2.45) is 0 Å². The van der Waals surface area contributed by atoms with Gasteiger partial charge in [-0.15, -0.1) is 0 Å². The van der Waals surface area contributed by atoms with Gasteiger partial charge in [-0.05, 0) is 38.5 Å². The largest absolute Gasteiger partial charge is 0.351 e. The van der Waals surface area contributed by atoms with E-state index in [1.165, 1.54) is 12.1 Å². The standard InChI is InChI=1S/C14H20F2N2O/c1-14(2,3)18-13(19)4-5-17-9-10-6-11(15)8-12(16)7-10/h6-8,17H,4-5,9H2,1-3H3,(H,18,19). The molecule has 0 atom stereocenters. The molecular formula is C14H20F2N2O. The summed E-state index contributed by atoms with van der Waals surface area (Å²) in [6.07, 6.45) is 0.328. The molecule has 0 bridgehead atoms. The molecule has 2 N–H and O–H groups in total. The lowest BCUT2D eigenvalue weighted by molar-refractivity contribution is -0.122. The van der Waals surface area contributed by atoms with Crippen molar-refractivity contribution < 1.29 is 13.6 Å². The Morgan fingerprint density at radius 1 is 1.16 bits per heavy atom. The van der Waals surface area contributed by atoms with Crippen LogP contribution in [0.15, 0.2) is 18.2 Å². The van der Waals surface area contributed by atoms with Crippen LogP contribution in [0.2, 0.25) is 0 Å². The molecule has 0 aromatic heterocycles. The van der Waals surface area contributed by atoms with Crippen LogP contribution >= 0.6 is 0 Å². The Hall–Kier alpha value is -1.49. The predicted molar refractivity (Wildman–Crippen MR) is 70.6 cm³/mol. The fourth-order valence-corrected chi connectivity index (χ4v) is 1.63. The van der Waals surface area contributed by atoms with Gasteiger partial charge in [0.1, 0.15) is 11.6 Å². The average molecular weight is 270 g/mol. The molecule has 5 heteroatoms. The van der Waals surface area contributed by atoms with Crippen molar-refractivity contribution >= 4 is 5.91 Å². The molecule has 0 aliphatic rings. The molecule has 0 radical (unpaired) electrons. The summed E-state index contributed by atoms with van der Waals surface area (Å²) >= 11 is 0. The third-order valence-electron chi connectivity index (χ3n) is 2.29. The zero-order valence-corrected chi connectivity index (χ0v) is 11.5. The first-order valence-corrected chi connectivity index (χ1v) is 6.23. The smallest absolute Gasteiger partial charge is 0.221 e. The van der Waals surface area contributed by atoms with E-state index >= 15 is 0 Å². The quantitative estimate of drug-likeness (QED) is 0.806. The molecule has 3 nitrogen and oxygen atoms in total. The highest BCUT2D eigenvalue weighted by molar-refractivity contribution is 5.76. The lowest BCUT2D eigenvalue weighted by atomic mass is 10.1. The normalized spacial score (nSPS) is 11.4. The molecule has 0 fully saturated rings. The Kier molecular flexibility index (Phi) is 5.42. The highest BCUT2D eigenvalue weighted by Gasteiger charge is 2.12. The lowest BCUT2D eigenvalue weighted by Gasteiger charge is -2.20. The molecule has 1 rings (SSSR count). The molecule has 0 spiro atoms. The van der Waals surface area contributed by atoms with E-state index in [1.807, 2.05) is 20.8 Å². The minimum atomic E-state index is -0.595. The molecule has 0 aliphatic heterocycles. The third kappa shape index (κ3) is 6.86. The Labute approximate surface area is 112 Å². The first-order chi connectivity index (χ1) is 8.76.